The van der Waals surface area contributed by atoms with E-state index in [0.29, 0.717) is 18.6 Å². The Morgan fingerprint density at radius 3 is 2.21 bits per heavy atom. The highest BCUT2D eigenvalue weighted by atomic mass is 16.8. The highest BCUT2D eigenvalue weighted by Gasteiger charge is 2.56. The minimum atomic E-state index is -0.478. The summed E-state index contributed by atoms with van der Waals surface area (Å²) < 4.78 is 11.6. The molecular formula is C10H15NO3. The molecule has 0 saturated carbocycles. The number of Topliss-reactive ketones (excluding diaryl/α,β-unsaturated/α-hetero) is 1. The number of piperidine rings is 1. The Balaban J connectivity index is 1.87. The van der Waals surface area contributed by atoms with Crippen LogP contribution in [-0.4, -0.2) is 35.9 Å². The minimum absolute atomic E-state index is 0.0708. The molecule has 0 amide bonds. The fourth-order valence-electron chi connectivity index (χ4n) is 2.83. The molecule has 3 fully saturated rings. The summed E-state index contributed by atoms with van der Waals surface area (Å²) in [6, 6.07) is 0.348. The number of carbonyl (C=O) groups excluding carboxylic acids is 1. The van der Waals surface area contributed by atoms with Gasteiger partial charge in [0.25, 0.3) is 0 Å². The molecule has 0 unspecified atom stereocenters. The van der Waals surface area contributed by atoms with Gasteiger partial charge < -0.3 is 14.8 Å². The van der Waals surface area contributed by atoms with Crippen LogP contribution in [0, 0.1) is 0 Å². The van der Waals surface area contributed by atoms with Crippen molar-refractivity contribution in [2.75, 3.05) is 0 Å². The topological polar surface area (TPSA) is 47.6 Å². The molecule has 0 spiro atoms. The molecular weight excluding hydrogens is 182 g/mol. The van der Waals surface area contributed by atoms with E-state index in [4.69, 9.17) is 9.47 Å². The molecule has 3 rings (SSSR count). The molecule has 2 bridgehead atoms. The number of hydrogen-bond donors (Lipinski definition) is 1. The summed E-state index contributed by atoms with van der Waals surface area (Å²) in [6.45, 7) is 3.87. The highest BCUT2D eigenvalue weighted by Crippen LogP contribution is 2.39. The molecule has 4 heteroatoms. The first kappa shape index (κ1) is 8.83. The van der Waals surface area contributed by atoms with Crippen LogP contribution in [0.15, 0.2) is 0 Å². The van der Waals surface area contributed by atoms with Crippen molar-refractivity contribution >= 4 is 5.78 Å². The predicted octanol–water partition coefficient (Wildman–Crippen LogP) is 0.210. The summed E-state index contributed by atoms with van der Waals surface area (Å²) in [6.07, 6.45) is 1.33. The van der Waals surface area contributed by atoms with Gasteiger partial charge >= 0.3 is 0 Å². The number of ketones is 1. The van der Waals surface area contributed by atoms with E-state index in [-0.39, 0.29) is 24.3 Å². The van der Waals surface area contributed by atoms with Gasteiger partial charge in [0, 0.05) is 24.9 Å². The Kier molecular flexibility index (Phi) is 1.62. The van der Waals surface area contributed by atoms with E-state index >= 15 is 0 Å². The van der Waals surface area contributed by atoms with E-state index in [1.54, 1.807) is 0 Å². The summed E-state index contributed by atoms with van der Waals surface area (Å²) in [5.41, 5.74) is 0. The van der Waals surface area contributed by atoms with E-state index in [9.17, 15) is 4.79 Å². The van der Waals surface area contributed by atoms with Crippen LogP contribution in [0.5, 0.6) is 0 Å². The number of nitrogens with one attached hydrogen (secondary N) is 1. The average Bonchev–Trinajstić information content (AvgIpc) is 2.49. The third-order valence-corrected chi connectivity index (χ3v) is 3.28. The van der Waals surface area contributed by atoms with Gasteiger partial charge in [-0.3, -0.25) is 4.79 Å². The molecule has 0 radical (unpaired) electrons. The highest BCUT2D eigenvalue weighted by molar-refractivity contribution is 5.81. The van der Waals surface area contributed by atoms with Crippen molar-refractivity contribution in [2.45, 2.75) is 56.8 Å². The van der Waals surface area contributed by atoms with Gasteiger partial charge in [-0.2, -0.15) is 0 Å². The zero-order chi connectivity index (χ0) is 9.92. The molecule has 0 aromatic rings. The molecule has 0 aromatic heterocycles. The standard InChI is InChI=1S/C10H15NO3/c1-10(2)13-8-6-3-5(12)4-7(11-6)9(8)14-10/h6-9,11H,3-4H2,1-2H3/t6-,7+,8-,9+. The van der Waals surface area contributed by atoms with Crippen LogP contribution in [0.4, 0.5) is 0 Å². The number of carbonyl (C=O) groups is 1. The van der Waals surface area contributed by atoms with E-state index in [1.165, 1.54) is 0 Å². The van der Waals surface area contributed by atoms with Gasteiger partial charge in [-0.25, -0.2) is 0 Å². The molecule has 3 heterocycles. The maximum Gasteiger partial charge on any atom is 0.163 e. The van der Waals surface area contributed by atoms with Gasteiger partial charge in [-0.05, 0) is 13.8 Å². The van der Waals surface area contributed by atoms with E-state index in [2.05, 4.69) is 5.32 Å². The molecule has 14 heavy (non-hydrogen) atoms. The van der Waals surface area contributed by atoms with Gasteiger partial charge in [0.15, 0.2) is 5.79 Å². The number of fused-ring (bicyclic) bond motifs is 5. The van der Waals surface area contributed by atoms with E-state index in [0.717, 1.165) is 0 Å². The van der Waals surface area contributed by atoms with Crippen molar-refractivity contribution in [1.82, 2.24) is 5.32 Å². The molecule has 4 atom stereocenters. The van der Waals surface area contributed by atoms with E-state index in [1.807, 2.05) is 13.8 Å². The fraction of sp³-hybridized carbons (Fsp3) is 0.900. The lowest BCUT2D eigenvalue weighted by Gasteiger charge is -2.27. The second-order valence-electron chi connectivity index (χ2n) is 4.89. The van der Waals surface area contributed by atoms with Crippen molar-refractivity contribution in [3.63, 3.8) is 0 Å². The summed E-state index contributed by atoms with van der Waals surface area (Å²) >= 11 is 0. The minimum Gasteiger partial charge on any atom is -0.343 e. The second kappa shape index (κ2) is 2.56. The molecule has 3 aliphatic rings. The first-order valence-corrected chi connectivity index (χ1v) is 5.18. The number of ether oxygens (including phenoxy) is 2. The maximum absolute atomic E-state index is 11.4. The van der Waals surface area contributed by atoms with Gasteiger partial charge in [0.05, 0.1) is 0 Å². The molecule has 78 valence electrons. The van der Waals surface area contributed by atoms with Crippen molar-refractivity contribution < 1.29 is 14.3 Å². The van der Waals surface area contributed by atoms with Crippen LogP contribution in [-0.2, 0) is 14.3 Å². The van der Waals surface area contributed by atoms with Gasteiger partial charge in [0.1, 0.15) is 18.0 Å². The van der Waals surface area contributed by atoms with Crippen LogP contribution in [0.2, 0.25) is 0 Å². The molecule has 3 saturated heterocycles. The molecule has 0 aromatic carbocycles. The second-order valence-corrected chi connectivity index (χ2v) is 4.89. The Labute approximate surface area is 82.9 Å². The summed E-state index contributed by atoms with van der Waals surface area (Å²) in [5, 5.41) is 3.39. The zero-order valence-electron chi connectivity index (χ0n) is 8.45. The van der Waals surface area contributed by atoms with Crippen molar-refractivity contribution in [3.8, 4) is 0 Å². The lowest BCUT2D eigenvalue weighted by Crippen LogP contribution is -2.44. The van der Waals surface area contributed by atoms with Crippen LogP contribution in [0.25, 0.3) is 0 Å². The smallest absolute Gasteiger partial charge is 0.163 e. The SMILES string of the molecule is CC1(C)O[C@@H]2[C@H](O1)[C@H]1CC(=O)C[C@@H]2N1. The Hall–Kier alpha value is -0.450. The van der Waals surface area contributed by atoms with Crippen molar-refractivity contribution in [3.05, 3.63) is 0 Å². The fourth-order valence-corrected chi connectivity index (χ4v) is 2.83. The largest absolute Gasteiger partial charge is 0.343 e. The summed E-state index contributed by atoms with van der Waals surface area (Å²) in [7, 11) is 0. The third kappa shape index (κ3) is 1.14. The van der Waals surface area contributed by atoms with Gasteiger partial charge in [-0.1, -0.05) is 0 Å². The zero-order valence-corrected chi connectivity index (χ0v) is 8.45. The van der Waals surface area contributed by atoms with Crippen molar-refractivity contribution in [2.24, 2.45) is 0 Å². The van der Waals surface area contributed by atoms with Crippen LogP contribution in [0.1, 0.15) is 26.7 Å². The van der Waals surface area contributed by atoms with Gasteiger partial charge in [0.2, 0.25) is 0 Å². The Morgan fingerprint density at radius 1 is 1.21 bits per heavy atom. The monoisotopic (exact) mass is 197 g/mol. The third-order valence-electron chi connectivity index (χ3n) is 3.28. The van der Waals surface area contributed by atoms with E-state index < -0.39 is 5.79 Å². The van der Waals surface area contributed by atoms with Crippen LogP contribution < -0.4 is 5.32 Å². The molecule has 4 nitrogen and oxygen atoms in total. The Bertz CT molecular complexity index is 265. The quantitative estimate of drug-likeness (QED) is 0.603. The lowest BCUT2D eigenvalue weighted by atomic mass is 10.0. The van der Waals surface area contributed by atoms with Crippen LogP contribution in [0.3, 0.4) is 0 Å². The molecule has 3 aliphatic heterocycles. The first-order valence-electron chi connectivity index (χ1n) is 5.18. The summed E-state index contributed by atoms with van der Waals surface area (Å²) in [5.74, 6) is -0.146. The normalized spacial score (nSPS) is 49.4. The number of rotatable bonds is 0. The van der Waals surface area contributed by atoms with Crippen molar-refractivity contribution in [1.29, 1.82) is 0 Å². The van der Waals surface area contributed by atoms with Gasteiger partial charge in [-0.15, -0.1) is 0 Å². The van der Waals surface area contributed by atoms with Crippen LogP contribution >= 0.6 is 0 Å². The predicted molar refractivity (Wildman–Crippen MR) is 48.8 cm³/mol. The average molecular weight is 197 g/mol. The Morgan fingerprint density at radius 2 is 1.71 bits per heavy atom. The number of hydrogen-bond acceptors (Lipinski definition) is 4. The molecule has 0 aliphatic carbocycles. The molecule has 1 N–H and O–H groups in total. The maximum atomic E-state index is 11.4. The first-order chi connectivity index (χ1) is 6.55. The summed E-state index contributed by atoms with van der Waals surface area (Å²) in [4.78, 5) is 11.4. The lowest BCUT2D eigenvalue weighted by molar-refractivity contribution is -0.160.